The molecule has 108 valence electrons. The van der Waals surface area contributed by atoms with E-state index in [1.165, 1.54) is 12.1 Å². The number of carbonyl (C=O) groups is 1. The summed E-state index contributed by atoms with van der Waals surface area (Å²) in [5.74, 6) is 0.318. The summed E-state index contributed by atoms with van der Waals surface area (Å²) in [6, 6.07) is 4.28. The maximum Gasteiger partial charge on any atom is 0.237 e. The van der Waals surface area contributed by atoms with Crippen LogP contribution in [0.15, 0.2) is 18.2 Å². The number of carbonyl (C=O) groups excluding carboxylic acids is 1. The first-order valence-corrected chi connectivity index (χ1v) is 6.37. The van der Waals surface area contributed by atoms with Crippen LogP contribution in [-0.2, 0) is 11.3 Å². The van der Waals surface area contributed by atoms with Gasteiger partial charge in [0.05, 0.1) is 23.6 Å². The Morgan fingerprint density at radius 3 is 3.10 bits per heavy atom. The number of hydrogen-bond donors (Lipinski definition) is 3. The SMILES string of the molecule is Cl.O=C(NCc1nc2ccc(F)cc2[nH]1)[C@@H]1CCCN1. The molecular formula is C13H16ClFN4O. The van der Waals surface area contributed by atoms with Crippen LogP contribution in [0.1, 0.15) is 18.7 Å². The number of aromatic amines is 1. The summed E-state index contributed by atoms with van der Waals surface area (Å²) in [5, 5.41) is 5.96. The Kier molecular flexibility index (Phi) is 4.57. The molecule has 1 aliphatic rings. The van der Waals surface area contributed by atoms with Crippen molar-refractivity contribution in [1.29, 1.82) is 0 Å². The van der Waals surface area contributed by atoms with Crippen LogP contribution in [0.5, 0.6) is 0 Å². The van der Waals surface area contributed by atoms with E-state index in [-0.39, 0.29) is 30.2 Å². The predicted octanol–water partition coefficient (Wildman–Crippen LogP) is 1.49. The summed E-state index contributed by atoms with van der Waals surface area (Å²) in [7, 11) is 0. The molecule has 3 N–H and O–H groups in total. The molecule has 1 fully saturated rings. The fourth-order valence-corrected chi connectivity index (χ4v) is 2.32. The van der Waals surface area contributed by atoms with Gasteiger partial charge < -0.3 is 15.6 Å². The van der Waals surface area contributed by atoms with Crippen LogP contribution in [0.3, 0.4) is 0 Å². The van der Waals surface area contributed by atoms with E-state index in [0.29, 0.717) is 23.4 Å². The first-order valence-electron chi connectivity index (χ1n) is 6.37. The van der Waals surface area contributed by atoms with Crippen molar-refractivity contribution >= 4 is 29.3 Å². The Hall–Kier alpha value is -1.66. The lowest BCUT2D eigenvalue weighted by molar-refractivity contribution is -0.122. The zero-order chi connectivity index (χ0) is 13.2. The van der Waals surface area contributed by atoms with Crippen LogP contribution < -0.4 is 10.6 Å². The number of halogens is 2. The van der Waals surface area contributed by atoms with E-state index in [4.69, 9.17) is 0 Å². The minimum Gasteiger partial charge on any atom is -0.348 e. The van der Waals surface area contributed by atoms with Crippen LogP contribution >= 0.6 is 12.4 Å². The number of nitrogens with zero attached hydrogens (tertiary/aromatic N) is 1. The second-order valence-corrected chi connectivity index (χ2v) is 4.71. The minimum atomic E-state index is -0.304. The Bertz CT molecular complexity index is 609. The van der Waals surface area contributed by atoms with Crippen LogP contribution in [0.4, 0.5) is 4.39 Å². The molecule has 0 bridgehead atoms. The maximum atomic E-state index is 13.0. The second kappa shape index (κ2) is 6.19. The second-order valence-electron chi connectivity index (χ2n) is 4.71. The molecule has 0 aliphatic carbocycles. The Balaban J connectivity index is 0.00000147. The van der Waals surface area contributed by atoms with E-state index in [1.807, 2.05) is 0 Å². The van der Waals surface area contributed by atoms with Gasteiger partial charge in [-0.25, -0.2) is 9.37 Å². The van der Waals surface area contributed by atoms with Crippen molar-refractivity contribution in [3.63, 3.8) is 0 Å². The van der Waals surface area contributed by atoms with Gasteiger partial charge in [-0.3, -0.25) is 4.79 Å². The monoisotopic (exact) mass is 298 g/mol. The lowest BCUT2D eigenvalue weighted by Crippen LogP contribution is -2.40. The van der Waals surface area contributed by atoms with E-state index in [1.54, 1.807) is 6.07 Å². The fourth-order valence-electron chi connectivity index (χ4n) is 2.32. The smallest absolute Gasteiger partial charge is 0.237 e. The quantitative estimate of drug-likeness (QED) is 0.804. The van der Waals surface area contributed by atoms with Crippen molar-refractivity contribution in [2.24, 2.45) is 0 Å². The molecule has 2 heterocycles. The van der Waals surface area contributed by atoms with E-state index < -0.39 is 0 Å². The van der Waals surface area contributed by atoms with Crippen molar-refractivity contribution in [2.45, 2.75) is 25.4 Å². The molecule has 0 radical (unpaired) electrons. The summed E-state index contributed by atoms with van der Waals surface area (Å²) in [6.45, 7) is 1.22. The van der Waals surface area contributed by atoms with Gasteiger partial charge in [-0.1, -0.05) is 0 Å². The Labute approximate surface area is 121 Å². The van der Waals surface area contributed by atoms with Crippen LogP contribution in [0, 0.1) is 5.82 Å². The number of amides is 1. The molecule has 0 saturated carbocycles. The summed E-state index contributed by atoms with van der Waals surface area (Å²) in [4.78, 5) is 19.1. The largest absolute Gasteiger partial charge is 0.348 e. The highest BCUT2D eigenvalue weighted by atomic mass is 35.5. The van der Waals surface area contributed by atoms with Crippen LogP contribution in [0.25, 0.3) is 11.0 Å². The van der Waals surface area contributed by atoms with Gasteiger partial charge in [0.1, 0.15) is 11.6 Å². The molecule has 0 spiro atoms. The Morgan fingerprint density at radius 2 is 2.35 bits per heavy atom. The van der Waals surface area contributed by atoms with Gasteiger partial charge in [0.2, 0.25) is 5.91 Å². The minimum absolute atomic E-state index is 0. The first-order chi connectivity index (χ1) is 9.22. The molecule has 5 nitrogen and oxygen atoms in total. The highest BCUT2D eigenvalue weighted by Crippen LogP contribution is 2.13. The van der Waals surface area contributed by atoms with E-state index in [0.717, 1.165) is 19.4 Å². The number of imidazole rings is 1. The lowest BCUT2D eigenvalue weighted by Gasteiger charge is -2.09. The van der Waals surface area contributed by atoms with Gasteiger partial charge in [0.15, 0.2) is 0 Å². The zero-order valence-electron chi connectivity index (χ0n) is 10.8. The lowest BCUT2D eigenvalue weighted by atomic mass is 10.2. The van der Waals surface area contributed by atoms with Gasteiger partial charge in [-0.2, -0.15) is 0 Å². The van der Waals surface area contributed by atoms with Crippen molar-refractivity contribution < 1.29 is 9.18 Å². The molecule has 0 unspecified atom stereocenters. The number of nitrogens with one attached hydrogen (secondary N) is 3. The molecule has 1 aromatic carbocycles. The van der Waals surface area contributed by atoms with Crippen molar-refractivity contribution in [1.82, 2.24) is 20.6 Å². The van der Waals surface area contributed by atoms with Gasteiger partial charge in [0, 0.05) is 0 Å². The average molecular weight is 299 g/mol. The summed E-state index contributed by atoms with van der Waals surface area (Å²) in [6.07, 6.45) is 1.90. The third-order valence-corrected chi connectivity index (χ3v) is 3.30. The fraction of sp³-hybridized carbons (Fsp3) is 0.385. The first kappa shape index (κ1) is 14.7. The molecular weight excluding hydrogens is 283 g/mol. The number of fused-ring (bicyclic) bond motifs is 1. The molecule has 1 aliphatic heterocycles. The maximum absolute atomic E-state index is 13.0. The molecule has 3 rings (SSSR count). The highest BCUT2D eigenvalue weighted by Gasteiger charge is 2.21. The topological polar surface area (TPSA) is 69.8 Å². The third kappa shape index (κ3) is 3.08. The number of rotatable bonds is 3. The Morgan fingerprint density at radius 1 is 1.50 bits per heavy atom. The van der Waals surface area contributed by atoms with Gasteiger partial charge >= 0.3 is 0 Å². The zero-order valence-corrected chi connectivity index (χ0v) is 11.6. The standard InChI is InChI=1S/C13H15FN4O.ClH/c14-8-3-4-9-11(6-8)18-12(17-9)7-16-13(19)10-2-1-5-15-10;/h3-4,6,10,15H,1-2,5,7H2,(H,16,19)(H,17,18);1H/t10-;/m0./s1. The summed E-state index contributed by atoms with van der Waals surface area (Å²) < 4.78 is 13.0. The van der Waals surface area contributed by atoms with E-state index in [9.17, 15) is 9.18 Å². The normalized spacial score (nSPS) is 17.9. The summed E-state index contributed by atoms with van der Waals surface area (Å²) in [5.41, 5.74) is 1.34. The van der Waals surface area contributed by atoms with Crippen molar-refractivity contribution in [3.8, 4) is 0 Å². The number of H-pyrrole nitrogens is 1. The molecule has 1 amide bonds. The van der Waals surface area contributed by atoms with Crippen molar-refractivity contribution in [2.75, 3.05) is 6.54 Å². The highest BCUT2D eigenvalue weighted by molar-refractivity contribution is 5.85. The van der Waals surface area contributed by atoms with E-state index in [2.05, 4.69) is 20.6 Å². The van der Waals surface area contributed by atoms with E-state index >= 15 is 0 Å². The predicted molar refractivity (Wildman–Crippen MR) is 76.2 cm³/mol. The molecule has 20 heavy (non-hydrogen) atoms. The molecule has 7 heteroatoms. The molecule has 1 aromatic heterocycles. The van der Waals surface area contributed by atoms with Gasteiger partial charge in [-0.15, -0.1) is 12.4 Å². The number of benzene rings is 1. The third-order valence-electron chi connectivity index (χ3n) is 3.30. The van der Waals surface area contributed by atoms with Gasteiger partial charge in [-0.05, 0) is 37.6 Å². The van der Waals surface area contributed by atoms with Crippen LogP contribution in [-0.4, -0.2) is 28.5 Å². The van der Waals surface area contributed by atoms with Crippen LogP contribution in [0.2, 0.25) is 0 Å². The number of hydrogen-bond acceptors (Lipinski definition) is 3. The summed E-state index contributed by atoms with van der Waals surface area (Å²) >= 11 is 0. The molecule has 2 aromatic rings. The number of aromatic nitrogens is 2. The van der Waals surface area contributed by atoms with Gasteiger partial charge in [0.25, 0.3) is 0 Å². The molecule has 1 saturated heterocycles. The van der Waals surface area contributed by atoms with Crippen molar-refractivity contribution in [3.05, 3.63) is 29.8 Å². The average Bonchev–Trinajstić information content (AvgIpc) is 3.04. The molecule has 1 atom stereocenters.